The van der Waals surface area contributed by atoms with E-state index in [2.05, 4.69) is 47.3 Å². The van der Waals surface area contributed by atoms with Crippen LogP contribution in [0.1, 0.15) is 23.7 Å². The van der Waals surface area contributed by atoms with Gasteiger partial charge in [-0.2, -0.15) is 0 Å². The lowest BCUT2D eigenvalue weighted by Crippen LogP contribution is -2.04. The summed E-state index contributed by atoms with van der Waals surface area (Å²) in [6.07, 6.45) is 0. The van der Waals surface area contributed by atoms with Gasteiger partial charge in [0, 0.05) is 25.3 Å². The standard InChI is InChI=1S/C16H21N3O/c1-5-17-15-9-14(10-20-4)18-16(19-15)13-7-6-11(2)12(3)8-13/h6-9H,5,10H2,1-4H3,(H,17,18,19). The van der Waals surface area contributed by atoms with E-state index in [4.69, 9.17) is 4.74 Å². The van der Waals surface area contributed by atoms with Gasteiger partial charge in [-0.05, 0) is 38.0 Å². The molecule has 4 heteroatoms. The van der Waals surface area contributed by atoms with Crippen LogP contribution in [0.15, 0.2) is 24.3 Å². The van der Waals surface area contributed by atoms with Gasteiger partial charge >= 0.3 is 0 Å². The van der Waals surface area contributed by atoms with Crippen molar-refractivity contribution in [3.05, 3.63) is 41.1 Å². The van der Waals surface area contributed by atoms with Crippen molar-refractivity contribution in [2.45, 2.75) is 27.4 Å². The first kappa shape index (κ1) is 14.5. The Morgan fingerprint density at radius 3 is 2.55 bits per heavy atom. The van der Waals surface area contributed by atoms with Gasteiger partial charge in [0.1, 0.15) is 5.82 Å². The third-order valence-corrected chi connectivity index (χ3v) is 3.19. The number of hydrogen-bond acceptors (Lipinski definition) is 4. The summed E-state index contributed by atoms with van der Waals surface area (Å²) in [5, 5.41) is 3.24. The van der Waals surface area contributed by atoms with Gasteiger partial charge in [0.15, 0.2) is 5.82 Å². The van der Waals surface area contributed by atoms with Crippen LogP contribution in [0.25, 0.3) is 11.4 Å². The van der Waals surface area contributed by atoms with E-state index >= 15 is 0 Å². The van der Waals surface area contributed by atoms with Crippen LogP contribution >= 0.6 is 0 Å². The van der Waals surface area contributed by atoms with E-state index in [1.807, 2.05) is 13.0 Å². The molecule has 106 valence electrons. The molecule has 4 nitrogen and oxygen atoms in total. The maximum absolute atomic E-state index is 5.18. The molecule has 1 aromatic heterocycles. The van der Waals surface area contributed by atoms with Crippen molar-refractivity contribution >= 4 is 5.82 Å². The molecule has 0 aliphatic rings. The number of nitrogens with one attached hydrogen (secondary N) is 1. The fourth-order valence-corrected chi connectivity index (χ4v) is 2.00. The molecule has 20 heavy (non-hydrogen) atoms. The normalized spacial score (nSPS) is 10.6. The van der Waals surface area contributed by atoms with Gasteiger partial charge in [-0.15, -0.1) is 0 Å². The smallest absolute Gasteiger partial charge is 0.161 e. The molecule has 0 aliphatic heterocycles. The summed E-state index contributed by atoms with van der Waals surface area (Å²) >= 11 is 0. The number of aryl methyl sites for hydroxylation is 2. The third-order valence-electron chi connectivity index (χ3n) is 3.19. The van der Waals surface area contributed by atoms with Gasteiger partial charge in [-0.3, -0.25) is 0 Å². The monoisotopic (exact) mass is 271 g/mol. The molecule has 0 amide bonds. The van der Waals surface area contributed by atoms with Gasteiger partial charge < -0.3 is 10.1 Å². The van der Waals surface area contributed by atoms with E-state index in [0.29, 0.717) is 6.61 Å². The number of nitrogens with zero attached hydrogens (tertiary/aromatic N) is 2. The molecule has 1 heterocycles. The molecule has 0 saturated carbocycles. The van der Waals surface area contributed by atoms with Crippen LogP contribution in [-0.4, -0.2) is 23.6 Å². The lowest BCUT2D eigenvalue weighted by atomic mass is 10.1. The maximum atomic E-state index is 5.18. The molecular weight excluding hydrogens is 250 g/mol. The Morgan fingerprint density at radius 2 is 1.90 bits per heavy atom. The van der Waals surface area contributed by atoms with Gasteiger partial charge in [-0.1, -0.05) is 12.1 Å². The Hall–Kier alpha value is -1.94. The Labute approximate surface area is 120 Å². The maximum Gasteiger partial charge on any atom is 0.161 e. The highest BCUT2D eigenvalue weighted by Crippen LogP contribution is 2.21. The molecular formula is C16H21N3O. The highest BCUT2D eigenvalue weighted by atomic mass is 16.5. The molecule has 0 unspecified atom stereocenters. The Kier molecular flexibility index (Phi) is 4.69. The van der Waals surface area contributed by atoms with E-state index in [-0.39, 0.29) is 0 Å². The van der Waals surface area contributed by atoms with Crippen molar-refractivity contribution in [3.63, 3.8) is 0 Å². The highest BCUT2D eigenvalue weighted by Gasteiger charge is 2.07. The van der Waals surface area contributed by atoms with Crippen molar-refractivity contribution in [1.29, 1.82) is 0 Å². The third kappa shape index (κ3) is 3.33. The number of anilines is 1. The first-order valence-electron chi connectivity index (χ1n) is 6.82. The van der Waals surface area contributed by atoms with E-state index in [1.54, 1.807) is 7.11 Å². The molecule has 0 spiro atoms. The van der Waals surface area contributed by atoms with Gasteiger partial charge in [0.25, 0.3) is 0 Å². The number of ether oxygens (including phenoxy) is 1. The zero-order valence-electron chi connectivity index (χ0n) is 12.5. The average molecular weight is 271 g/mol. The Bertz CT molecular complexity index is 572. The molecule has 1 N–H and O–H groups in total. The molecule has 2 rings (SSSR count). The summed E-state index contributed by atoms with van der Waals surface area (Å²) in [6.45, 7) is 7.57. The summed E-state index contributed by atoms with van der Waals surface area (Å²) in [4.78, 5) is 9.14. The average Bonchev–Trinajstić information content (AvgIpc) is 2.42. The van der Waals surface area contributed by atoms with Crippen LogP contribution < -0.4 is 5.32 Å². The van der Waals surface area contributed by atoms with Crippen LogP contribution in [0, 0.1) is 13.8 Å². The Balaban J connectivity index is 2.45. The number of rotatable bonds is 5. The van der Waals surface area contributed by atoms with Crippen molar-refractivity contribution < 1.29 is 4.74 Å². The molecule has 0 bridgehead atoms. The van der Waals surface area contributed by atoms with E-state index in [9.17, 15) is 0 Å². The van der Waals surface area contributed by atoms with Crippen molar-refractivity contribution in [3.8, 4) is 11.4 Å². The minimum Gasteiger partial charge on any atom is -0.378 e. The fourth-order valence-electron chi connectivity index (χ4n) is 2.00. The summed E-state index contributed by atoms with van der Waals surface area (Å²) < 4.78 is 5.18. The summed E-state index contributed by atoms with van der Waals surface area (Å²) in [5.41, 5.74) is 4.43. The quantitative estimate of drug-likeness (QED) is 0.906. The zero-order valence-corrected chi connectivity index (χ0v) is 12.5. The lowest BCUT2D eigenvalue weighted by molar-refractivity contribution is 0.181. The van der Waals surface area contributed by atoms with Gasteiger partial charge in [0.05, 0.1) is 12.3 Å². The number of methoxy groups -OCH3 is 1. The first-order chi connectivity index (χ1) is 9.63. The SMILES string of the molecule is CCNc1cc(COC)nc(-c2ccc(C)c(C)c2)n1. The van der Waals surface area contributed by atoms with Crippen molar-refractivity contribution in [1.82, 2.24) is 9.97 Å². The van der Waals surface area contributed by atoms with Crippen LogP contribution in [0.3, 0.4) is 0 Å². The summed E-state index contributed by atoms with van der Waals surface area (Å²) in [7, 11) is 1.67. The van der Waals surface area contributed by atoms with E-state index in [1.165, 1.54) is 11.1 Å². The highest BCUT2D eigenvalue weighted by molar-refractivity contribution is 5.59. The van der Waals surface area contributed by atoms with E-state index < -0.39 is 0 Å². The second-order valence-corrected chi connectivity index (χ2v) is 4.83. The lowest BCUT2D eigenvalue weighted by Gasteiger charge is -2.10. The number of hydrogen-bond donors (Lipinski definition) is 1. The van der Waals surface area contributed by atoms with Gasteiger partial charge in [-0.25, -0.2) is 9.97 Å². The zero-order chi connectivity index (χ0) is 14.5. The first-order valence-corrected chi connectivity index (χ1v) is 6.82. The molecule has 1 aromatic carbocycles. The number of benzene rings is 1. The largest absolute Gasteiger partial charge is 0.378 e. The minimum atomic E-state index is 0.485. The Morgan fingerprint density at radius 1 is 1.10 bits per heavy atom. The van der Waals surface area contributed by atoms with E-state index in [0.717, 1.165) is 29.4 Å². The molecule has 0 atom stereocenters. The minimum absolute atomic E-state index is 0.485. The summed E-state index contributed by atoms with van der Waals surface area (Å²) in [5.74, 6) is 1.57. The van der Waals surface area contributed by atoms with Crippen molar-refractivity contribution in [2.24, 2.45) is 0 Å². The van der Waals surface area contributed by atoms with Crippen LogP contribution in [0.4, 0.5) is 5.82 Å². The van der Waals surface area contributed by atoms with Crippen LogP contribution in [-0.2, 0) is 11.3 Å². The second-order valence-electron chi connectivity index (χ2n) is 4.83. The van der Waals surface area contributed by atoms with Gasteiger partial charge in [0.2, 0.25) is 0 Å². The predicted molar refractivity (Wildman–Crippen MR) is 81.8 cm³/mol. The summed E-state index contributed by atoms with van der Waals surface area (Å²) in [6, 6.07) is 8.21. The molecule has 0 radical (unpaired) electrons. The van der Waals surface area contributed by atoms with Crippen molar-refractivity contribution in [2.75, 3.05) is 19.0 Å². The number of aromatic nitrogens is 2. The van der Waals surface area contributed by atoms with Crippen LogP contribution in [0.2, 0.25) is 0 Å². The molecule has 0 saturated heterocycles. The topological polar surface area (TPSA) is 47.0 Å². The molecule has 2 aromatic rings. The fraction of sp³-hybridized carbons (Fsp3) is 0.375. The predicted octanol–water partition coefficient (Wildman–Crippen LogP) is 3.34. The second kappa shape index (κ2) is 6.48. The molecule has 0 aliphatic carbocycles. The molecule has 0 fully saturated rings. The van der Waals surface area contributed by atoms with Crippen LogP contribution in [0.5, 0.6) is 0 Å².